The van der Waals surface area contributed by atoms with Gasteiger partial charge in [0, 0.05) is 12.5 Å². The van der Waals surface area contributed by atoms with E-state index >= 15 is 0 Å². The van der Waals surface area contributed by atoms with Crippen molar-refractivity contribution in [1.82, 2.24) is 0 Å². The molecule has 1 saturated carbocycles. The number of hydrogen-bond acceptors (Lipinski definition) is 3. The van der Waals surface area contributed by atoms with Crippen LogP contribution in [0.15, 0.2) is 29.3 Å². The maximum Gasteiger partial charge on any atom is 0.235 e. The van der Waals surface area contributed by atoms with Crippen LogP contribution < -0.4 is 0 Å². The van der Waals surface area contributed by atoms with Gasteiger partial charge in [0.1, 0.15) is 0 Å². The molecule has 88 valence electrons. The molecule has 0 amide bonds. The molecule has 3 rings (SSSR count). The summed E-state index contributed by atoms with van der Waals surface area (Å²) < 4.78 is 5.41. The summed E-state index contributed by atoms with van der Waals surface area (Å²) in [6, 6.07) is 8.45. The van der Waals surface area contributed by atoms with E-state index in [1.54, 1.807) is 6.08 Å². The molecule has 1 unspecified atom stereocenters. The number of hydrogen-bond donors (Lipinski definition) is 0. The lowest BCUT2D eigenvalue weighted by atomic mass is 9.94. The van der Waals surface area contributed by atoms with E-state index in [0.29, 0.717) is 5.92 Å². The quantitative estimate of drug-likeness (QED) is 0.590. The van der Waals surface area contributed by atoms with Gasteiger partial charge in [-0.1, -0.05) is 24.3 Å². The minimum Gasteiger partial charge on any atom is -0.381 e. The molecule has 2 fully saturated rings. The number of nitrogens with zero attached hydrogens (tertiary/aromatic N) is 1. The van der Waals surface area contributed by atoms with E-state index in [9.17, 15) is 4.79 Å². The Labute approximate surface area is 101 Å². The van der Waals surface area contributed by atoms with Crippen LogP contribution in [0.4, 0.5) is 0 Å². The van der Waals surface area contributed by atoms with Gasteiger partial charge in [-0.25, -0.2) is 4.79 Å². The van der Waals surface area contributed by atoms with Gasteiger partial charge in [0.25, 0.3) is 0 Å². The average molecular weight is 229 g/mol. The van der Waals surface area contributed by atoms with Gasteiger partial charge in [0.15, 0.2) is 0 Å². The molecule has 0 spiro atoms. The minimum absolute atomic E-state index is 0.253. The fourth-order valence-electron chi connectivity index (χ4n) is 2.55. The Hall–Kier alpha value is -1.44. The summed E-state index contributed by atoms with van der Waals surface area (Å²) in [5.74, 6) is 0.506. The number of rotatable bonds is 3. The summed E-state index contributed by atoms with van der Waals surface area (Å²) in [5, 5.41) is 0. The first kappa shape index (κ1) is 10.7. The van der Waals surface area contributed by atoms with Crippen molar-refractivity contribution in [3.8, 4) is 0 Å². The number of carbonyl (C=O) groups excluding carboxylic acids is 1. The molecule has 1 saturated heterocycles. The molecule has 1 aromatic rings. The van der Waals surface area contributed by atoms with Crippen LogP contribution in [0.1, 0.15) is 36.3 Å². The Bertz CT molecular complexity index is 467. The third kappa shape index (κ3) is 1.92. The van der Waals surface area contributed by atoms with E-state index in [-0.39, 0.29) is 5.54 Å². The monoisotopic (exact) mass is 229 g/mol. The van der Waals surface area contributed by atoms with Crippen LogP contribution in [0.3, 0.4) is 0 Å². The van der Waals surface area contributed by atoms with Crippen LogP contribution in [-0.2, 0) is 15.1 Å². The highest BCUT2D eigenvalue weighted by molar-refractivity contribution is 5.42. The zero-order chi connectivity index (χ0) is 11.7. The van der Waals surface area contributed by atoms with E-state index < -0.39 is 0 Å². The van der Waals surface area contributed by atoms with Gasteiger partial charge in [-0.3, -0.25) is 0 Å². The fraction of sp³-hybridized carbons (Fsp3) is 0.500. The van der Waals surface area contributed by atoms with Gasteiger partial charge >= 0.3 is 0 Å². The zero-order valence-electron chi connectivity index (χ0n) is 9.69. The predicted molar refractivity (Wildman–Crippen MR) is 63.7 cm³/mol. The Morgan fingerprint density at radius 3 is 2.94 bits per heavy atom. The van der Waals surface area contributed by atoms with Gasteiger partial charge in [-0.15, -0.1) is 0 Å². The van der Waals surface area contributed by atoms with Crippen molar-refractivity contribution in [3.05, 3.63) is 35.4 Å². The molecule has 3 nitrogen and oxygen atoms in total. The number of ether oxygens (including phenoxy) is 1. The van der Waals surface area contributed by atoms with Crippen molar-refractivity contribution in [2.45, 2.75) is 30.7 Å². The van der Waals surface area contributed by atoms with Crippen molar-refractivity contribution >= 4 is 6.08 Å². The van der Waals surface area contributed by atoms with Crippen LogP contribution in [-0.4, -0.2) is 19.3 Å². The van der Waals surface area contributed by atoms with Crippen LogP contribution in [0.25, 0.3) is 0 Å². The molecule has 3 heteroatoms. The summed E-state index contributed by atoms with van der Waals surface area (Å²) in [6.45, 7) is 1.67. The van der Waals surface area contributed by atoms with E-state index in [2.05, 4.69) is 29.3 Å². The van der Waals surface area contributed by atoms with Gasteiger partial charge in [-0.05, 0) is 30.4 Å². The fourth-order valence-corrected chi connectivity index (χ4v) is 2.55. The summed E-state index contributed by atoms with van der Waals surface area (Å²) in [5.41, 5.74) is 2.22. The van der Waals surface area contributed by atoms with Crippen LogP contribution in [0.2, 0.25) is 0 Å². The van der Waals surface area contributed by atoms with E-state index in [1.165, 1.54) is 5.56 Å². The van der Waals surface area contributed by atoms with E-state index in [4.69, 9.17) is 4.74 Å². The Balaban J connectivity index is 1.91. The van der Waals surface area contributed by atoms with E-state index in [1.807, 2.05) is 0 Å². The maximum atomic E-state index is 10.5. The molecule has 1 aliphatic heterocycles. The highest BCUT2D eigenvalue weighted by Crippen LogP contribution is 2.49. The molecule has 0 N–H and O–H groups in total. The zero-order valence-corrected chi connectivity index (χ0v) is 9.69. The number of benzene rings is 1. The lowest BCUT2D eigenvalue weighted by Gasteiger charge is -2.13. The number of isocyanates is 1. The van der Waals surface area contributed by atoms with E-state index in [0.717, 1.165) is 38.0 Å². The second-order valence-corrected chi connectivity index (χ2v) is 4.92. The average Bonchev–Trinajstić information content (AvgIpc) is 2.94. The first-order valence-corrected chi connectivity index (χ1v) is 6.11. The Morgan fingerprint density at radius 1 is 1.41 bits per heavy atom. The molecule has 2 aliphatic rings. The van der Waals surface area contributed by atoms with Crippen molar-refractivity contribution in [1.29, 1.82) is 0 Å². The molecule has 17 heavy (non-hydrogen) atoms. The number of aliphatic imine (C=N–C) groups is 1. The third-order valence-electron chi connectivity index (χ3n) is 3.81. The molecular formula is C14H15NO2. The second kappa shape index (κ2) is 4.10. The molecule has 1 heterocycles. The predicted octanol–water partition coefficient (Wildman–Crippen LogP) is 2.52. The summed E-state index contributed by atoms with van der Waals surface area (Å²) >= 11 is 0. The molecule has 1 aliphatic carbocycles. The summed E-state index contributed by atoms with van der Waals surface area (Å²) in [6.07, 6.45) is 4.73. The second-order valence-electron chi connectivity index (χ2n) is 4.92. The van der Waals surface area contributed by atoms with Crippen molar-refractivity contribution in [2.24, 2.45) is 4.99 Å². The Kier molecular flexibility index (Phi) is 2.58. The summed E-state index contributed by atoms with van der Waals surface area (Å²) in [7, 11) is 0. The van der Waals surface area contributed by atoms with Gasteiger partial charge < -0.3 is 4.74 Å². The van der Waals surface area contributed by atoms with Crippen LogP contribution >= 0.6 is 0 Å². The van der Waals surface area contributed by atoms with Crippen molar-refractivity contribution in [3.63, 3.8) is 0 Å². The van der Waals surface area contributed by atoms with Crippen molar-refractivity contribution < 1.29 is 9.53 Å². The first-order valence-electron chi connectivity index (χ1n) is 6.11. The molecule has 0 aromatic heterocycles. The normalized spacial score (nSPS) is 25.3. The highest BCUT2D eigenvalue weighted by Gasteiger charge is 2.44. The van der Waals surface area contributed by atoms with Gasteiger partial charge in [0.2, 0.25) is 6.08 Å². The summed E-state index contributed by atoms with van der Waals surface area (Å²) in [4.78, 5) is 14.4. The Morgan fingerprint density at radius 2 is 2.29 bits per heavy atom. The largest absolute Gasteiger partial charge is 0.381 e. The molecular weight excluding hydrogens is 214 g/mol. The van der Waals surface area contributed by atoms with Crippen LogP contribution in [0.5, 0.6) is 0 Å². The SMILES string of the molecule is O=C=NC1(c2cccc(C3CCOC3)c2)CC1. The smallest absolute Gasteiger partial charge is 0.235 e. The standard InChI is InChI=1S/C14H15NO2/c16-10-15-14(5-6-14)13-3-1-2-11(8-13)12-4-7-17-9-12/h1-3,8,12H,4-7,9H2. The third-order valence-corrected chi connectivity index (χ3v) is 3.81. The first-order chi connectivity index (χ1) is 8.34. The highest BCUT2D eigenvalue weighted by atomic mass is 16.5. The lowest BCUT2D eigenvalue weighted by molar-refractivity contribution is 0.194. The van der Waals surface area contributed by atoms with Crippen LogP contribution in [0, 0.1) is 0 Å². The minimum atomic E-state index is -0.253. The van der Waals surface area contributed by atoms with Gasteiger partial charge in [-0.2, -0.15) is 4.99 Å². The maximum absolute atomic E-state index is 10.5. The van der Waals surface area contributed by atoms with Crippen molar-refractivity contribution in [2.75, 3.05) is 13.2 Å². The lowest BCUT2D eigenvalue weighted by Crippen LogP contribution is -2.05. The molecule has 1 atom stereocenters. The van der Waals surface area contributed by atoms with Gasteiger partial charge in [0.05, 0.1) is 12.1 Å². The molecule has 0 bridgehead atoms. The topological polar surface area (TPSA) is 38.7 Å². The molecule has 1 aromatic carbocycles. The molecule has 0 radical (unpaired) electrons.